The molecule has 100 valence electrons. The van der Waals surface area contributed by atoms with Gasteiger partial charge in [0.1, 0.15) is 5.69 Å². The fraction of sp³-hybridized carbons (Fsp3) is 0.286. The Morgan fingerprint density at radius 1 is 1.32 bits per heavy atom. The van der Waals surface area contributed by atoms with Crippen molar-refractivity contribution < 1.29 is 9.53 Å². The number of aromatic nitrogens is 1. The molecule has 0 saturated heterocycles. The Hall–Kier alpha value is -1.72. The summed E-state index contributed by atoms with van der Waals surface area (Å²) in [5, 5.41) is 4.55. The molecule has 1 heterocycles. The highest BCUT2D eigenvalue weighted by molar-refractivity contribution is 7.07. The van der Waals surface area contributed by atoms with Crippen LogP contribution in [-0.4, -0.2) is 24.0 Å². The van der Waals surface area contributed by atoms with Crippen molar-refractivity contribution in [2.75, 3.05) is 13.2 Å². The van der Waals surface area contributed by atoms with Gasteiger partial charge in [-0.1, -0.05) is 30.3 Å². The van der Waals surface area contributed by atoms with Crippen molar-refractivity contribution >= 4 is 17.2 Å². The predicted octanol–water partition coefficient (Wildman–Crippen LogP) is 2.48. The third-order valence-corrected chi connectivity index (χ3v) is 3.11. The minimum atomic E-state index is -0.121. The molecule has 2 aromatic rings. The first-order valence-corrected chi connectivity index (χ1v) is 7.08. The summed E-state index contributed by atoms with van der Waals surface area (Å²) in [4.78, 5) is 15.5. The van der Waals surface area contributed by atoms with Crippen LogP contribution in [0.4, 0.5) is 0 Å². The molecule has 0 aliphatic heterocycles. The molecule has 1 aromatic carbocycles. The van der Waals surface area contributed by atoms with Crippen molar-refractivity contribution in [1.29, 1.82) is 0 Å². The Kier molecular flexibility index (Phi) is 5.52. The molecule has 0 unspecified atom stereocenters. The number of hydrogen-bond donors (Lipinski definition) is 1. The molecule has 0 spiro atoms. The van der Waals surface area contributed by atoms with Crippen LogP contribution in [0.15, 0.2) is 41.2 Å². The Labute approximate surface area is 116 Å². The van der Waals surface area contributed by atoms with E-state index in [1.165, 1.54) is 11.3 Å². The van der Waals surface area contributed by atoms with Crippen molar-refractivity contribution in [3.8, 4) is 0 Å². The number of thiazole rings is 1. The Bertz CT molecular complexity index is 485. The summed E-state index contributed by atoms with van der Waals surface area (Å²) in [7, 11) is 0. The molecule has 0 saturated carbocycles. The van der Waals surface area contributed by atoms with Crippen molar-refractivity contribution in [3.05, 3.63) is 52.5 Å². The van der Waals surface area contributed by atoms with Gasteiger partial charge in [-0.3, -0.25) is 4.79 Å². The highest BCUT2D eigenvalue weighted by atomic mass is 32.1. The lowest BCUT2D eigenvalue weighted by molar-refractivity contribution is 0.0930. The average Bonchev–Trinajstić information content (AvgIpc) is 2.98. The third-order valence-electron chi connectivity index (χ3n) is 2.53. The Balaban J connectivity index is 1.54. The normalized spacial score (nSPS) is 10.3. The first-order valence-electron chi connectivity index (χ1n) is 6.14. The monoisotopic (exact) mass is 276 g/mol. The van der Waals surface area contributed by atoms with Crippen LogP contribution in [0.1, 0.15) is 22.5 Å². The van der Waals surface area contributed by atoms with E-state index in [1.807, 2.05) is 30.3 Å². The van der Waals surface area contributed by atoms with Crippen LogP contribution in [0.3, 0.4) is 0 Å². The number of carbonyl (C=O) groups excluding carboxylic acids is 1. The van der Waals surface area contributed by atoms with E-state index in [4.69, 9.17) is 4.74 Å². The quantitative estimate of drug-likeness (QED) is 0.790. The Morgan fingerprint density at radius 2 is 2.16 bits per heavy atom. The van der Waals surface area contributed by atoms with E-state index in [0.29, 0.717) is 25.5 Å². The second-order valence-corrected chi connectivity index (χ2v) is 4.74. The number of amides is 1. The van der Waals surface area contributed by atoms with E-state index >= 15 is 0 Å². The van der Waals surface area contributed by atoms with Crippen molar-refractivity contribution in [1.82, 2.24) is 10.3 Å². The SMILES string of the molecule is O=C(NCCCOCc1ccccc1)c1cscn1. The summed E-state index contributed by atoms with van der Waals surface area (Å²) in [6, 6.07) is 10.0. The molecule has 1 N–H and O–H groups in total. The van der Waals surface area contributed by atoms with Gasteiger partial charge in [-0.25, -0.2) is 4.98 Å². The molecule has 0 atom stereocenters. The van der Waals surface area contributed by atoms with Crippen LogP contribution < -0.4 is 5.32 Å². The summed E-state index contributed by atoms with van der Waals surface area (Å²) >= 11 is 1.42. The number of nitrogens with zero attached hydrogens (tertiary/aromatic N) is 1. The molecule has 2 rings (SSSR count). The molecule has 0 radical (unpaired) electrons. The lowest BCUT2D eigenvalue weighted by Gasteiger charge is -2.05. The van der Waals surface area contributed by atoms with Gasteiger partial charge in [0.2, 0.25) is 0 Å². The fourth-order valence-electron chi connectivity index (χ4n) is 1.56. The van der Waals surface area contributed by atoms with Gasteiger partial charge in [-0.05, 0) is 12.0 Å². The van der Waals surface area contributed by atoms with Crippen LogP contribution in [-0.2, 0) is 11.3 Å². The molecule has 0 aliphatic rings. The molecule has 5 heteroatoms. The number of hydrogen-bond acceptors (Lipinski definition) is 4. The second kappa shape index (κ2) is 7.66. The van der Waals surface area contributed by atoms with Gasteiger partial charge >= 0.3 is 0 Å². The average molecular weight is 276 g/mol. The van der Waals surface area contributed by atoms with E-state index in [-0.39, 0.29) is 5.91 Å². The zero-order chi connectivity index (χ0) is 13.3. The molecule has 0 aliphatic carbocycles. The third kappa shape index (κ3) is 4.81. The number of ether oxygens (including phenoxy) is 1. The smallest absolute Gasteiger partial charge is 0.270 e. The predicted molar refractivity (Wildman–Crippen MR) is 75.2 cm³/mol. The zero-order valence-corrected chi connectivity index (χ0v) is 11.4. The maximum Gasteiger partial charge on any atom is 0.270 e. The summed E-state index contributed by atoms with van der Waals surface area (Å²) in [6.45, 7) is 1.85. The summed E-state index contributed by atoms with van der Waals surface area (Å²) < 4.78 is 5.53. The first-order chi connectivity index (χ1) is 9.36. The summed E-state index contributed by atoms with van der Waals surface area (Å²) in [6.07, 6.45) is 0.794. The number of carbonyl (C=O) groups is 1. The standard InChI is InChI=1S/C14H16N2O2S/c17-14(13-10-19-11-16-13)15-7-4-8-18-9-12-5-2-1-3-6-12/h1-3,5-6,10-11H,4,7-9H2,(H,15,17). The van der Waals surface area contributed by atoms with Gasteiger partial charge in [-0.15, -0.1) is 11.3 Å². The van der Waals surface area contributed by atoms with Crippen LogP contribution in [0.2, 0.25) is 0 Å². The van der Waals surface area contributed by atoms with E-state index in [9.17, 15) is 4.79 Å². The van der Waals surface area contributed by atoms with Crippen LogP contribution >= 0.6 is 11.3 Å². The minimum absolute atomic E-state index is 0.121. The fourth-order valence-corrected chi connectivity index (χ4v) is 2.09. The number of nitrogens with one attached hydrogen (secondary N) is 1. The molecule has 0 fully saturated rings. The van der Waals surface area contributed by atoms with Crippen molar-refractivity contribution in [2.45, 2.75) is 13.0 Å². The van der Waals surface area contributed by atoms with Crippen LogP contribution in [0, 0.1) is 0 Å². The van der Waals surface area contributed by atoms with Gasteiger partial charge in [-0.2, -0.15) is 0 Å². The summed E-state index contributed by atoms with van der Waals surface area (Å²) in [5.74, 6) is -0.121. The van der Waals surface area contributed by atoms with Gasteiger partial charge < -0.3 is 10.1 Å². The maximum absolute atomic E-state index is 11.6. The van der Waals surface area contributed by atoms with Gasteiger partial charge in [0.15, 0.2) is 0 Å². The van der Waals surface area contributed by atoms with Crippen molar-refractivity contribution in [2.24, 2.45) is 0 Å². The second-order valence-electron chi connectivity index (χ2n) is 4.02. The van der Waals surface area contributed by atoms with E-state index in [1.54, 1.807) is 10.9 Å². The zero-order valence-electron chi connectivity index (χ0n) is 10.5. The van der Waals surface area contributed by atoms with E-state index in [0.717, 1.165) is 12.0 Å². The number of rotatable bonds is 7. The van der Waals surface area contributed by atoms with E-state index in [2.05, 4.69) is 10.3 Å². The molecule has 1 amide bonds. The first kappa shape index (κ1) is 13.7. The topological polar surface area (TPSA) is 51.2 Å². The number of benzene rings is 1. The Morgan fingerprint density at radius 3 is 2.89 bits per heavy atom. The van der Waals surface area contributed by atoms with Crippen LogP contribution in [0.5, 0.6) is 0 Å². The van der Waals surface area contributed by atoms with Crippen LogP contribution in [0.25, 0.3) is 0 Å². The molecule has 1 aromatic heterocycles. The highest BCUT2D eigenvalue weighted by Crippen LogP contribution is 2.01. The van der Waals surface area contributed by atoms with Crippen molar-refractivity contribution in [3.63, 3.8) is 0 Å². The van der Waals surface area contributed by atoms with E-state index < -0.39 is 0 Å². The molecule has 4 nitrogen and oxygen atoms in total. The minimum Gasteiger partial charge on any atom is -0.377 e. The van der Waals surface area contributed by atoms with Gasteiger partial charge in [0.05, 0.1) is 12.1 Å². The largest absolute Gasteiger partial charge is 0.377 e. The maximum atomic E-state index is 11.6. The van der Waals surface area contributed by atoms with Gasteiger partial charge in [0, 0.05) is 18.5 Å². The molecular weight excluding hydrogens is 260 g/mol. The lowest BCUT2D eigenvalue weighted by Crippen LogP contribution is -2.25. The summed E-state index contributed by atoms with van der Waals surface area (Å²) in [5.41, 5.74) is 3.29. The molecule has 19 heavy (non-hydrogen) atoms. The lowest BCUT2D eigenvalue weighted by atomic mass is 10.2. The van der Waals surface area contributed by atoms with Gasteiger partial charge in [0.25, 0.3) is 5.91 Å². The molecular formula is C14H16N2O2S. The molecule has 0 bridgehead atoms. The highest BCUT2D eigenvalue weighted by Gasteiger charge is 2.05.